The van der Waals surface area contributed by atoms with Crippen molar-refractivity contribution in [2.24, 2.45) is 0 Å². The minimum atomic E-state index is 0.0986. The van der Waals surface area contributed by atoms with Gasteiger partial charge in [-0.25, -0.2) is 9.50 Å². The molecule has 6 heteroatoms. The minimum Gasteiger partial charge on any atom is -0.338 e. The number of pyridine rings is 2. The van der Waals surface area contributed by atoms with E-state index in [4.69, 9.17) is 10.1 Å². The van der Waals surface area contributed by atoms with E-state index in [9.17, 15) is 4.79 Å². The molecular weight excluding hydrogens is 374 g/mol. The number of amides is 1. The summed E-state index contributed by atoms with van der Waals surface area (Å²) in [6.07, 6.45) is 7.52. The number of nitrogens with zero attached hydrogens (tertiary/aromatic N) is 5. The molecular formula is C24H23N5O. The van der Waals surface area contributed by atoms with Gasteiger partial charge in [-0.3, -0.25) is 9.78 Å². The van der Waals surface area contributed by atoms with Crippen LogP contribution in [-0.2, 0) is 0 Å². The molecule has 0 aliphatic carbocycles. The Kier molecular flexibility index (Phi) is 4.75. The van der Waals surface area contributed by atoms with Crippen molar-refractivity contribution in [3.63, 3.8) is 0 Å². The molecule has 1 amide bonds. The minimum absolute atomic E-state index is 0.0986. The molecule has 3 aromatic heterocycles. The first-order valence-corrected chi connectivity index (χ1v) is 10.3. The molecule has 0 spiro atoms. The van der Waals surface area contributed by atoms with Crippen LogP contribution in [0.4, 0.5) is 0 Å². The number of aryl methyl sites for hydroxylation is 1. The number of benzene rings is 1. The summed E-state index contributed by atoms with van der Waals surface area (Å²) >= 11 is 0. The van der Waals surface area contributed by atoms with Crippen LogP contribution in [0, 0.1) is 6.92 Å². The first-order valence-electron chi connectivity index (χ1n) is 10.3. The fourth-order valence-electron chi connectivity index (χ4n) is 4.14. The summed E-state index contributed by atoms with van der Waals surface area (Å²) in [5, 5.41) is 4.76. The van der Waals surface area contributed by atoms with Gasteiger partial charge < -0.3 is 4.90 Å². The normalized spacial score (nSPS) is 16.7. The summed E-state index contributed by atoms with van der Waals surface area (Å²) in [7, 11) is 0. The molecule has 1 aliphatic heterocycles. The summed E-state index contributed by atoms with van der Waals surface area (Å²) in [4.78, 5) is 23.8. The van der Waals surface area contributed by atoms with Gasteiger partial charge in [0.15, 0.2) is 11.5 Å². The molecule has 1 atom stereocenters. The third kappa shape index (κ3) is 3.45. The highest BCUT2D eigenvalue weighted by Gasteiger charge is 2.28. The molecule has 30 heavy (non-hydrogen) atoms. The van der Waals surface area contributed by atoms with E-state index in [-0.39, 0.29) is 11.8 Å². The number of hydrogen-bond donors (Lipinski definition) is 0. The first-order chi connectivity index (χ1) is 14.7. The van der Waals surface area contributed by atoms with E-state index < -0.39 is 0 Å². The highest BCUT2D eigenvalue weighted by Crippen LogP contribution is 2.27. The maximum Gasteiger partial charge on any atom is 0.254 e. The van der Waals surface area contributed by atoms with Crippen LogP contribution in [-0.4, -0.2) is 43.5 Å². The van der Waals surface area contributed by atoms with Gasteiger partial charge in [0.05, 0.1) is 0 Å². The van der Waals surface area contributed by atoms with Gasteiger partial charge in [0, 0.05) is 48.7 Å². The predicted molar refractivity (Wildman–Crippen MR) is 115 cm³/mol. The average Bonchev–Trinajstić information content (AvgIpc) is 3.23. The second kappa shape index (κ2) is 7.71. The van der Waals surface area contributed by atoms with Crippen molar-refractivity contribution in [2.75, 3.05) is 13.1 Å². The third-order valence-electron chi connectivity index (χ3n) is 5.81. The Morgan fingerprint density at radius 2 is 1.87 bits per heavy atom. The van der Waals surface area contributed by atoms with Crippen molar-refractivity contribution < 1.29 is 4.79 Å². The van der Waals surface area contributed by atoms with Gasteiger partial charge in [-0.1, -0.05) is 18.2 Å². The SMILES string of the molecule is Cc1ccccc1C(=O)N1CCCC(c2nc3ccc(-c4ccncc4)cn3n2)C1. The molecule has 4 heterocycles. The van der Waals surface area contributed by atoms with Crippen LogP contribution in [0.1, 0.15) is 40.5 Å². The maximum atomic E-state index is 13.0. The van der Waals surface area contributed by atoms with Crippen molar-refractivity contribution in [1.82, 2.24) is 24.5 Å². The van der Waals surface area contributed by atoms with Crippen molar-refractivity contribution in [3.8, 4) is 11.1 Å². The molecule has 0 saturated carbocycles. The Labute approximate surface area is 175 Å². The number of aromatic nitrogens is 4. The molecule has 0 radical (unpaired) electrons. The maximum absolute atomic E-state index is 13.0. The number of rotatable bonds is 3. The van der Waals surface area contributed by atoms with Gasteiger partial charge in [0.25, 0.3) is 5.91 Å². The molecule has 0 bridgehead atoms. The first kappa shape index (κ1) is 18.5. The molecule has 4 aromatic rings. The van der Waals surface area contributed by atoms with Crippen LogP contribution < -0.4 is 0 Å². The highest BCUT2D eigenvalue weighted by atomic mass is 16.2. The standard InChI is InChI=1S/C24H23N5O/c1-17-5-2-3-7-21(17)24(30)28-14-4-6-20(15-28)23-26-22-9-8-19(16-29(22)27-23)18-10-12-25-13-11-18/h2-3,5,7-13,16,20H,4,6,14-15H2,1H3. The second-order valence-corrected chi connectivity index (χ2v) is 7.83. The number of hydrogen-bond acceptors (Lipinski definition) is 4. The quantitative estimate of drug-likeness (QED) is 0.522. The van der Waals surface area contributed by atoms with E-state index in [1.54, 1.807) is 12.4 Å². The Bertz CT molecular complexity index is 1200. The van der Waals surface area contributed by atoms with Crippen molar-refractivity contribution in [2.45, 2.75) is 25.7 Å². The van der Waals surface area contributed by atoms with Crippen molar-refractivity contribution >= 4 is 11.6 Å². The van der Waals surface area contributed by atoms with Crippen molar-refractivity contribution in [1.29, 1.82) is 0 Å². The van der Waals surface area contributed by atoms with Crippen LogP contribution in [0.15, 0.2) is 67.1 Å². The zero-order chi connectivity index (χ0) is 20.5. The zero-order valence-electron chi connectivity index (χ0n) is 16.9. The van der Waals surface area contributed by atoms with Crippen LogP contribution in [0.25, 0.3) is 16.8 Å². The lowest BCUT2D eigenvalue weighted by atomic mass is 9.96. The van der Waals surface area contributed by atoms with E-state index in [0.29, 0.717) is 6.54 Å². The van der Waals surface area contributed by atoms with Gasteiger partial charge in [0.1, 0.15) is 0 Å². The number of likely N-dealkylation sites (tertiary alicyclic amines) is 1. The summed E-state index contributed by atoms with van der Waals surface area (Å²) in [5.74, 6) is 1.06. The Balaban J connectivity index is 1.40. The molecule has 1 saturated heterocycles. The summed E-state index contributed by atoms with van der Waals surface area (Å²) < 4.78 is 1.84. The van der Waals surface area contributed by atoms with Crippen LogP contribution in [0.5, 0.6) is 0 Å². The van der Waals surface area contributed by atoms with Gasteiger partial charge >= 0.3 is 0 Å². The predicted octanol–water partition coefficient (Wildman–Crippen LogP) is 4.12. The Hall–Kier alpha value is -3.54. The van der Waals surface area contributed by atoms with E-state index in [1.165, 1.54) is 0 Å². The molecule has 150 valence electrons. The third-order valence-corrected chi connectivity index (χ3v) is 5.81. The van der Waals surface area contributed by atoms with Gasteiger partial charge in [0.2, 0.25) is 0 Å². The smallest absolute Gasteiger partial charge is 0.254 e. The average molecular weight is 397 g/mol. The summed E-state index contributed by atoms with van der Waals surface area (Å²) in [6, 6.07) is 15.8. The fraction of sp³-hybridized carbons (Fsp3) is 0.250. The van der Waals surface area contributed by atoms with Crippen molar-refractivity contribution in [3.05, 3.63) is 84.1 Å². The molecule has 1 aromatic carbocycles. The largest absolute Gasteiger partial charge is 0.338 e. The van der Waals surface area contributed by atoms with Gasteiger partial charge in [-0.2, -0.15) is 5.10 Å². The number of carbonyl (C=O) groups excluding carboxylic acids is 1. The Morgan fingerprint density at radius 3 is 2.70 bits per heavy atom. The Morgan fingerprint density at radius 1 is 1.03 bits per heavy atom. The van der Waals surface area contributed by atoms with Crippen LogP contribution in [0.3, 0.4) is 0 Å². The van der Waals surface area contributed by atoms with E-state index in [1.807, 2.05) is 65.0 Å². The van der Waals surface area contributed by atoms with Gasteiger partial charge in [-0.05, 0) is 61.2 Å². The topological polar surface area (TPSA) is 63.4 Å². The summed E-state index contributed by atoms with van der Waals surface area (Å²) in [5.41, 5.74) is 4.78. The number of carbonyl (C=O) groups is 1. The second-order valence-electron chi connectivity index (χ2n) is 7.83. The monoisotopic (exact) mass is 397 g/mol. The zero-order valence-corrected chi connectivity index (χ0v) is 16.9. The lowest BCUT2D eigenvalue weighted by Gasteiger charge is -2.31. The van der Waals surface area contributed by atoms with E-state index in [2.05, 4.69) is 11.1 Å². The lowest BCUT2D eigenvalue weighted by Crippen LogP contribution is -2.39. The molecule has 6 nitrogen and oxygen atoms in total. The molecule has 1 aliphatic rings. The lowest BCUT2D eigenvalue weighted by molar-refractivity contribution is 0.0704. The van der Waals surface area contributed by atoms with Crippen LogP contribution >= 0.6 is 0 Å². The molecule has 0 N–H and O–H groups in total. The van der Waals surface area contributed by atoms with Crippen LogP contribution in [0.2, 0.25) is 0 Å². The molecule has 5 rings (SSSR count). The van der Waals surface area contributed by atoms with Gasteiger partial charge in [-0.15, -0.1) is 0 Å². The number of piperidine rings is 1. The number of fused-ring (bicyclic) bond motifs is 1. The van der Waals surface area contributed by atoms with E-state index >= 15 is 0 Å². The summed E-state index contributed by atoms with van der Waals surface area (Å²) in [6.45, 7) is 3.42. The van der Waals surface area contributed by atoms with E-state index in [0.717, 1.165) is 53.1 Å². The highest BCUT2D eigenvalue weighted by molar-refractivity contribution is 5.95. The fourth-order valence-corrected chi connectivity index (χ4v) is 4.14. The molecule has 1 fully saturated rings. The molecule has 1 unspecified atom stereocenters.